The average Bonchev–Trinajstić information content (AvgIpc) is 2.38. The predicted molar refractivity (Wildman–Crippen MR) is 94.2 cm³/mol. The molecule has 1 rings (SSSR count). The first-order valence-corrected chi connectivity index (χ1v) is 6.76. The summed E-state index contributed by atoms with van der Waals surface area (Å²) in [6.07, 6.45) is 0. The fourth-order valence-corrected chi connectivity index (χ4v) is 1.80. The summed E-state index contributed by atoms with van der Waals surface area (Å²) in [6, 6.07) is 5.18. The molecule has 7 heteroatoms. The molecule has 0 aromatic heterocycles. The lowest BCUT2D eigenvalue weighted by atomic mass is 10.2. The standard InChI is InChI=1S/C13H19BrFN3O.HI/c1-9(8-19-3)18-13(16-2)17-7-10-4-5-11(14)12(15)6-10;/h4-6,9H,7-8H2,1-3H3,(H2,16,17,18);1H. The molecule has 20 heavy (non-hydrogen) atoms. The number of benzene rings is 1. The van der Waals surface area contributed by atoms with Crippen molar-refractivity contribution in [1.82, 2.24) is 10.6 Å². The molecule has 0 saturated carbocycles. The molecule has 4 nitrogen and oxygen atoms in total. The van der Waals surface area contributed by atoms with Crippen LogP contribution in [0.25, 0.3) is 0 Å². The fraction of sp³-hybridized carbons (Fsp3) is 0.462. The molecule has 0 amide bonds. The lowest BCUT2D eigenvalue weighted by molar-refractivity contribution is 0.179. The Morgan fingerprint density at radius 3 is 2.75 bits per heavy atom. The zero-order valence-electron chi connectivity index (χ0n) is 11.7. The van der Waals surface area contributed by atoms with Crippen molar-refractivity contribution in [3.63, 3.8) is 0 Å². The third-order valence-corrected chi connectivity index (χ3v) is 3.11. The Morgan fingerprint density at radius 2 is 2.20 bits per heavy atom. The van der Waals surface area contributed by atoms with Crippen LogP contribution in [-0.2, 0) is 11.3 Å². The van der Waals surface area contributed by atoms with E-state index in [1.54, 1.807) is 20.2 Å². The summed E-state index contributed by atoms with van der Waals surface area (Å²) in [7, 11) is 3.34. The van der Waals surface area contributed by atoms with Gasteiger partial charge in [-0.05, 0) is 40.5 Å². The van der Waals surface area contributed by atoms with Gasteiger partial charge in [-0.1, -0.05) is 6.07 Å². The van der Waals surface area contributed by atoms with Crippen LogP contribution in [0.1, 0.15) is 12.5 Å². The van der Waals surface area contributed by atoms with Crippen LogP contribution < -0.4 is 10.6 Å². The van der Waals surface area contributed by atoms with Crippen molar-refractivity contribution in [1.29, 1.82) is 0 Å². The Labute approximate surface area is 144 Å². The van der Waals surface area contributed by atoms with Crippen LogP contribution >= 0.6 is 39.9 Å². The summed E-state index contributed by atoms with van der Waals surface area (Å²) >= 11 is 3.13. The maximum absolute atomic E-state index is 13.4. The molecule has 2 N–H and O–H groups in total. The first kappa shape index (κ1) is 19.6. The summed E-state index contributed by atoms with van der Waals surface area (Å²) in [5, 5.41) is 6.30. The molecule has 0 aliphatic rings. The molecule has 1 aromatic carbocycles. The van der Waals surface area contributed by atoms with Gasteiger partial charge in [-0.15, -0.1) is 24.0 Å². The van der Waals surface area contributed by atoms with E-state index < -0.39 is 0 Å². The van der Waals surface area contributed by atoms with Crippen LogP contribution in [0.3, 0.4) is 0 Å². The van der Waals surface area contributed by atoms with Crippen LogP contribution in [-0.4, -0.2) is 32.8 Å². The van der Waals surface area contributed by atoms with E-state index in [0.717, 1.165) is 5.56 Å². The Morgan fingerprint density at radius 1 is 1.50 bits per heavy atom. The highest BCUT2D eigenvalue weighted by atomic mass is 127. The zero-order valence-corrected chi connectivity index (χ0v) is 15.7. The van der Waals surface area contributed by atoms with E-state index in [0.29, 0.717) is 23.6 Å². The molecule has 0 saturated heterocycles. The minimum atomic E-state index is -0.269. The number of nitrogens with one attached hydrogen (secondary N) is 2. The van der Waals surface area contributed by atoms with Gasteiger partial charge in [0.25, 0.3) is 0 Å². The second-order valence-corrected chi connectivity index (χ2v) is 5.03. The summed E-state index contributed by atoms with van der Waals surface area (Å²) in [5.74, 6) is 0.392. The molecule has 0 fully saturated rings. The topological polar surface area (TPSA) is 45.7 Å². The largest absolute Gasteiger partial charge is 0.383 e. The molecule has 1 atom stereocenters. The third-order valence-electron chi connectivity index (χ3n) is 2.47. The number of methoxy groups -OCH3 is 1. The minimum Gasteiger partial charge on any atom is -0.383 e. The molecular formula is C13H20BrFIN3O. The van der Waals surface area contributed by atoms with E-state index in [1.165, 1.54) is 6.07 Å². The summed E-state index contributed by atoms with van der Waals surface area (Å²) in [5.41, 5.74) is 0.850. The van der Waals surface area contributed by atoms with E-state index in [4.69, 9.17) is 4.74 Å². The maximum Gasteiger partial charge on any atom is 0.191 e. The minimum absolute atomic E-state index is 0. The van der Waals surface area contributed by atoms with Gasteiger partial charge in [0.05, 0.1) is 11.1 Å². The number of halogens is 3. The molecule has 0 radical (unpaired) electrons. The van der Waals surface area contributed by atoms with Crippen LogP contribution in [0.2, 0.25) is 0 Å². The Bertz CT molecular complexity index is 446. The normalized spacial score (nSPS) is 12.6. The first-order chi connectivity index (χ1) is 9.06. The van der Waals surface area contributed by atoms with E-state index >= 15 is 0 Å². The van der Waals surface area contributed by atoms with Crippen molar-refractivity contribution in [2.45, 2.75) is 19.5 Å². The molecule has 114 valence electrons. The van der Waals surface area contributed by atoms with Crippen LogP contribution in [0.5, 0.6) is 0 Å². The van der Waals surface area contributed by atoms with Gasteiger partial charge in [-0.2, -0.15) is 0 Å². The number of ether oxygens (including phenoxy) is 1. The van der Waals surface area contributed by atoms with Crippen LogP contribution in [0, 0.1) is 5.82 Å². The van der Waals surface area contributed by atoms with Crippen molar-refractivity contribution < 1.29 is 9.13 Å². The monoisotopic (exact) mass is 459 g/mol. The zero-order chi connectivity index (χ0) is 14.3. The Hall–Kier alpha value is -0.410. The van der Waals surface area contributed by atoms with Gasteiger partial charge < -0.3 is 15.4 Å². The number of hydrogen-bond acceptors (Lipinski definition) is 2. The van der Waals surface area contributed by atoms with E-state index in [9.17, 15) is 4.39 Å². The number of guanidine groups is 1. The molecule has 1 aromatic rings. The van der Waals surface area contributed by atoms with Gasteiger partial charge in [-0.3, -0.25) is 4.99 Å². The lowest BCUT2D eigenvalue weighted by Crippen LogP contribution is -2.43. The van der Waals surface area contributed by atoms with Crippen molar-refractivity contribution >= 4 is 45.9 Å². The molecule has 0 bridgehead atoms. The van der Waals surface area contributed by atoms with Crippen LogP contribution in [0.15, 0.2) is 27.7 Å². The highest BCUT2D eigenvalue weighted by Crippen LogP contribution is 2.16. The van der Waals surface area contributed by atoms with Crippen molar-refractivity contribution in [3.05, 3.63) is 34.1 Å². The van der Waals surface area contributed by atoms with Gasteiger partial charge in [0, 0.05) is 26.7 Å². The highest BCUT2D eigenvalue weighted by Gasteiger charge is 2.05. The summed E-state index contributed by atoms with van der Waals surface area (Å²) in [6.45, 7) is 3.09. The maximum atomic E-state index is 13.4. The summed E-state index contributed by atoms with van der Waals surface area (Å²) < 4.78 is 18.9. The van der Waals surface area contributed by atoms with E-state index in [1.807, 2.05) is 13.0 Å². The van der Waals surface area contributed by atoms with E-state index in [-0.39, 0.29) is 35.8 Å². The Kier molecular flexibility index (Phi) is 10.1. The molecule has 0 heterocycles. The number of nitrogens with zero attached hydrogens (tertiary/aromatic N) is 1. The van der Waals surface area contributed by atoms with Crippen molar-refractivity contribution in [3.8, 4) is 0 Å². The lowest BCUT2D eigenvalue weighted by Gasteiger charge is -2.17. The number of rotatable bonds is 5. The van der Waals surface area contributed by atoms with Crippen molar-refractivity contribution in [2.24, 2.45) is 4.99 Å². The van der Waals surface area contributed by atoms with Gasteiger partial charge in [0.2, 0.25) is 0 Å². The van der Waals surface area contributed by atoms with Crippen molar-refractivity contribution in [2.75, 3.05) is 20.8 Å². The number of aliphatic imine (C=N–C) groups is 1. The predicted octanol–water partition coefficient (Wildman–Crippen LogP) is 2.91. The van der Waals surface area contributed by atoms with Crippen LogP contribution in [0.4, 0.5) is 4.39 Å². The van der Waals surface area contributed by atoms with Gasteiger partial charge in [0.15, 0.2) is 5.96 Å². The fourth-order valence-electron chi connectivity index (χ4n) is 1.56. The second kappa shape index (κ2) is 10.3. The smallest absolute Gasteiger partial charge is 0.191 e. The molecule has 0 spiro atoms. The van der Waals surface area contributed by atoms with Gasteiger partial charge >= 0.3 is 0 Å². The highest BCUT2D eigenvalue weighted by molar-refractivity contribution is 14.0. The van der Waals surface area contributed by atoms with Gasteiger partial charge in [0.1, 0.15) is 5.82 Å². The second-order valence-electron chi connectivity index (χ2n) is 4.17. The van der Waals surface area contributed by atoms with E-state index in [2.05, 4.69) is 31.6 Å². The number of hydrogen-bond donors (Lipinski definition) is 2. The molecular weight excluding hydrogens is 440 g/mol. The average molecular weight is 460 g/mol. The molecule has 1 unspecified atom stereocenters. The van der Waals surface area contributed by atoms with Gasteiger partial charge in [-0.25, -0.2) is 4.39 Å². The first-order valence-electron chi connectivity index (χ1n) is 5.97. The third kappa shape index (κ3) is 6.85. The Balaban J connectivity index is 0.00000361. The summed E-state index contributed by atoms with van der Waals surface area (Å²) in [4.78, 5) is 4.10. The molecule has 0 aliphatic carbocycles. The quantitative estimate of drug-likeness (QED) is 0.404. The molecule has 0 aliphatic heterocycles. The SMILES string of the molecule is CN=C(NCc1ccc(Br)c(F)c1)NC(C)COC.I.